The molecule has 0 unspecified atom stereocenters. The largest absolute Gasteiger partial charge is 0.326 e. The SMILES string of the molecule is C#CCN(Cc1ccccc1Cl)C(=O)CSc1nnc(C)s1. The summed E-state index contributed by atoms with van der Waals surface area (Å²) in [5.74, 6) is 2.75. The first kappa shape index (κ1) is 16.8. The fourth-order valence-corrected chi connectivity index (χ4v) is 3.64. The van der Waals surface area contributed by atoms with E-state index in [1.807, 2.05) is 25.1 Å². The first-order valence-corrected chi connectivity index (χ1v) is 8.65. The lowest BCUT2D eigenvalue weighted by Crippen LogP contribution is -2.32. The number of thioether (sulfide) groups is 1. The van der Waals surface area contributed by atoms with Gasteiger partial charge in [0.1, 0.15) is 5.01 Å². The highest BCUT2D eigenvalue weighted by Crippen LogP contribution is 2.23. The molecule has 2 rings (SSSR count). The van der Waals surface area contributed by atoms with Crippen LogP contribution in [0.25, 0.3) is 0 Å². The lowest BCUT2D eigenvalue weighted by Gasteiger charge is -2.20. The van der Waals surface area contributed by atoms with Gasteiger partial charge in [-0.1, -0.05) is 58.8 Å². The van der Waals surface area contributed by atoms with E-state index < -0.39 is 0 Å². The standard InChI is InChI=1S/C15H14ClN3OS2/c1-3-8-19(9-12-6-4-5-7-13(12)16)14(20)10-21-15-18-17-11(2)22-15/h1,4-7H,8-10H2,2H3. The van der Waals surface area contributed by atoms with E-state index >= 15 is 0 Å². The number of amides is 1. The molecule has 0 saturated heterocycles. The third kappa shape index (κ3) is 4.73. The Hall–Kier alpha value is -1.55. The Morgan fingerprint density at radius 2 is 2.23 bits per heavy atom. The van der Waals surface area contributed by atoms with E-state index in [0.29, 0.717) is 11.6 Å². The van der Waals surface area contributed by atoms with Crippen LogP contribution in [-0.2, 0) is 11.3 Å². The van der Waals surface area contributed by atoms with Crippen molar-refractivity contribution in [1.29, 1.82) is 0 Å². The summed E-state index contributed by atoms with van der Waals surface area (Å²) < 4.78 is 0.782. The van der Waals surface area contributed by atoms with Crippen molar-refractivity contribution in [2.24, 2.45) is 0 Å². The summed E-state index contributed by atoms with van der Waals surface area (Å²) in [6.07, 6.45) is 5.37. The zero-order valence-electron chi connectivity index (χ0n) is 12.0. The minimum atomic E-state index is -0.0456. The number of terminal acetylenes is 1. The number of halogens is 1. The van der Waals surface area contributed by atoms with Gasteiger partial charge in [-0.3, -0.25) is 4.79 Å². The van der Waals surface area contributed by atoms with E-state index in [1.165, 1.54) is 23.1 Å². The Bertz CT molecular complexity index is 696. The van der Waals surface area contributed by atoms with E-state index in [4.69, 9.17) is 18.0 Å². The third-order valence-corrected chi connectivity index (χ3v) is 5.11. The molecule has 22 heavy (non-hydrogen) atoms. The number of carbonyl (C=O) groups is 1. The first-order chi connectivity index (χ1) is 10.6. The zero-order valence-corrected chi connectivity index (χ0v) is 14.3. The summed E-state index contributed by atoms with van der Waals surface area (Å²) in [4.78, 5) is 14.0. The molecule has 0 N–H and O–H groups in total. The Kier molecular flexibility index (Phi) is 6.25. The highest BCUT2D eigenvalue weighted by Gasteiger charge is 2.15. The molecule has 0 aliphatic heterocycles. The number of hydrogen-bond donors (Lipinski definition) is 0. The number of carbonyl (C=O) groups excluding carboxylic acids is 1. The van der Waals surface area contributed by atoms with E-state index in [-0.39, 0.29) is 18.2 Å². The maximum atomic E-state index is 12.4. The molecule has 0 spiro atoms. The molecule has 7 heteroatoms. The van der Waals surface area contributed by atoms with Gasteiger partial charge in [0.2, 0.25) is 5.91 Å². The summed E-state index contributed by atoms with van der Waals surface area (Å²) >= 11 is 8.98. The second kappa shape index (κ2) is 8.18. The van der Waals surface area contributed by atoms with Gasteiger partial charge in [0.05, 0.1) is 12.3 Å². The van der Waals surface area contributed by atoms with Crippen LogP contribution in [-0.4, -0.2) is 33.3 Å². The van der Waals surface area contributed by atoms with E-state index in [1.54, 1.807) is 11.0 Å². The molecule has 4 nitrogen and oxygen atoms in total. The third-order valence-electron chi connectivity index (χ3n) is 2.78. The van der Waals surface area contributed by atoms with Crippen LogP contribution in [0, 0.1) is 19.3 Å². The van der Waals surface area contributed by atoms with Crippen molar-refractivity contribution in [2.45, 2.75) is 17.8 Å². The van der Waals surface area contributed by atoms with E-state index in [0.717, 1.165) is 14.9 Å². The minimum absolute atomic E-state index is 0.0456. The lowest BCUT2D eigenvalue weighted by molar-refractivity contribution is -0.128. The van der Waals surface area contributed by atoms with Crippen molar-refractivity contribution >= 4 is 40.6 Å². The molecule has 1 amide bonds. The minimum Gasteiger partial charge on any atom is -0.326 e. The molecule has 1 aromatic carbocycles. The van der Waals surface area contributed by atoms with Crippen LogP contribution in [0.1, 0.15) is 10.6 Å². The molecule has 0 aliphatic carbocycles. The number of aryl methyl sites for hydroxylation is 1. The highest BCUT2D eigenvalue weighted by molar-refractivity contribution is 8.01. The summed E-state index contributed by atoms with van der Waals surface area (Å²) in [5.41, 5.74) is 0.879. The Balaban J connectivity index is 1.99. The predicted molar refractivity (Wildman–Crippen MR) is 91.1 cm³/mol. The van der Waals surface area contributed by atoms with Gasteiger partial charge in [0, 0.05) is 11.6 Å². The van der Waals surface area contributed by atoms with Crippen LogP contribution in [0.2, 0.25) is 5.02 Å². The molecular weight excluding hydrogens is 338 g/mol. The molecule has 0 atom stereocenters. The molecular formula is C15H14ClN3OS2. The molecule has 1 aromatic heterocycles. The van der Waals surface area contributed by atoms with Crippen LogP contribution in [0.15, 0.2) is 28.6 Å². The average Bonchev–Trinajstić information content (AvgIpc) is 2.92. The Labute approximate surface area is 142 Å². The Morgan fingerprint density at radius 1 is 1.45 bits per heavy atom. The molecule has 0 fully saturated rings. The monoisotopic (exact) mass is 351 g/mol. The second-order valence-corrected chi connectivity index (χ2v) is 7.23. The number of benzene rings is 1. The molecule has 114 valence electrons. The topological polar surface area (TPSA) is 46.1 Å². The second-order valence-electron chi connectivity index (χ2n) is 4.42. The van der Waals surface area contributed by atoms with Gasteiger partial charge in [-0.25, -0.2) is 0 Å². The number of rotatable bonds is 6. The fraction of sp³-hybridized carbons (Fsp3) is 0.267. The zero-order chi connectivity index (χ0) is 15.9. The summed E-state index contributed by atoms with van der Waals surface area (Å²) in [6, 6.07) is 7.43. The normalized spacial score (nSPS) is 10.2. The van der Waals surface area contributed by atoms with Crippen molar-refractivity contribution in [3.8, 4) is 12.3 Å². The van der Waals surface area contributed by atoms with Crippen LogP contribution in [0.5, 0.6) is 0 Å². The van der Waals surface area contributed by atoms with Crippen LogP contribution in [0.3, 0.4) is 0 Å². The van der Waals surface area contributed by atoms with E-state index in [9.17, 15) is 4.79 Å². The smallest absolute Gasteiger partial charge is 0.234 e. The summed E-state index contributed by atoms with van der Waals surface area (Å²) in [7, 11) is 0. The van der Waals surface area contributed by atoms with Gasteiger partial charge < -0.3 is 4.90 Å². The quantitative estimate of drug-likeness (QED) is 0.592. The van der Waals surface area contributed by atoms with Gasteiger partial charge in [-0.15, -0.1) is 16.6 Å². The van der Waals surface area contributed by atoms with Crippen molar-refractivity contribution in [2.75, 3.05) is 12.3 Å². The van der Waals surface area contributed by atoms with Crippen molar-refractivity contribution in [3.63, 3.8) is 0 Å². The molecule has 0 aliphatic rings. The van der Waals surface area contributed by atoms with Gasteiger partial charge >= 0.3 is 0 Å². The van der Waals surface area contributed by atoms with Crippen molar-refractivity contribution in [1.82, 2.24) is 15.1 Å². The molecule has 1 heterocycles. The summed E-state index contributed by atoms with van der Waals surface area (Å²) in [5, 5.41) is 9.43. The number of nitrogens with zero attached hydrogens (tertiary/aromatic N) is 3. The Morgan fingerprint density at radius 3 is 2.86 bits per heavy atom. The maximum absolute atomic E-state index is 12.4. The van der Waals surface area contributed by atoms with Crippen LogP contribution in [0.4, 0.5) is 0 Å². The van der Waals surface area contributed by atoms with E-state index in [2.05, 4.69) is 16.1 Å². The van der Waals surface area contributed by atoms with Crippen molar-refractivity contribution in [3.05, 3.63) is 39.9 Å². The van der Waals surface area contributed by atoms with Gasteiger partial charge in [-0.2, -0.15) is 0 Å². The van der Waals surface area contributed by atoms with Gasteiger partial charge in [0.15, 0.2) is 4.34 Å². The maximum Gasteiger partial charge on any atom is 0.234 e. The first-order valence-electron chi connectivity index (χ1n) is 6.47. The van der Waals surface area contributed by atoms with Crippen LogP contribution >= 0.6 is 34.7 Å². The van der Waals surface area contributed by atoms with Crippen molar-refractivity contribution < 1.29 is 4.79 Å². The molecule has 0 saturated carbocycles. The van der Waals surface area contributed by atoms with Gasteiger partial charge in [-0.05, 0) is 18.6 Å². The lowest BCUT2D eigenvalue weighted by atomic mass is 10.2. The fourth-order valence-electron chi connectivity index (χ4n) is 1.73. The average molecular weight is 352 g/mol. The van der Waals surface area contributed by atoms with Gasteiger partial charge in [0.25, 0.3) is 0 Å². The highest BCUT2D eigenvalue weighted by atomic mass is 35.5. The summed E-state index contributed by atoms with van der Waals surface area (Å²) in [6.45, 7) is 2.53. The molecule has 2 aromatic rings. The van der Waals surface area contributed by atoms with Crippen LogP contribution < -0.4 is 0 Å². The molecule has 0 bridgehead atoms. The molecule has 0 radical (unpaired) electrons. The number of hydrogen-bond acceptors (Lipinski definition) is 5. The number of aromatic nitrogens is 2. The predicted octanol–water partition coefficient (Wildman–Crippen LogP) is 3.25.